The van der Waals surface area contributed by atoms with E-state index >= 15 is 0 Å². The quantitative estimate of drug-likeness (QED) is 0.561. The van der Waals surface area contributed by atoms with Crippen molar-refractivity contribution in [3.05, 3.63) is 71.3 Å². The first kappa shape index (κ1) is 24.1. The Morgan fingerprint density at radius 2 is 1.92 bits per heavy atom. The number of hydrogen-bond donors (Lipinski definition) is 2. The summed E-state index contributed by atoms with van der Waals surface area (Å²) in [7, 11) is -3.45. The largest absolute Gasteiger partial charge is 0.359 e. The first-order valence-electron chi connectivity index (χ1n) is 14.1. The molecule has 0 aromatic heterocycles. The van der Waals surface area contributed by atoms with Gasteiger partial charge in [0.05, 0.1) is 17.0 Å². The maximum atomic E-state index is 11.4. The van der Waals surface area contributed by atoms with E-state index in [0.717, 1.165) is 38.5 Å². The summed E-state index contributed by atoms with van der Waals surface area (Å²) < 4.78 is 30.2. The molecule has 196 valence electrons. The lowest BCUT2D eigenvalue weighted by atomic mass is 9.58. The van der Waals surface area contributed by atoms with Crippen molar-refractivity contribution < 1.29 is 13.2 Å². The molecule has 7 rings (SSSR count). The summed E-state index contributed by atoms with van der Waals surface area (Å²) >= 11 is 0. The lowest BCUT2D eigenvalue weighted by molar-refractivity contribution is -0.136. The molecule has 2 bridgehead atoms. The van der Waals surface area contributed by atoms with Crippen LogP contribution in [0.3, 0.4) is 0 Å². The van der Waals surface area contributed by atoms with Crippen molar-refractivity contribution in [2.45, 2.75) is 81.5 Å². The van der Waals surface area contributed by atoms with Gasteiger partial charge in [0.25, 0.3) is 0 Å². The molecule has 2 aromatic carbocycles. The van der Waals surface area contributed by atoms with Gasteiger partial charge in [0.2, 0.25) is 10.0 Å². The van der Waals surface area contributed by atoms with Crippen LogP contribution in [0.25, 0.3) is 10.8 Å². The monoisotopic (exact) mass is 518 g/mol. The van der Waals surface area contributed by atoms with Gasteiger partial charge in [-0.15, -0.1) is 0 Å². The Bertz CT molecular complexity index is 1430. The second-order valence-electron chi connectivity index (χ2n) is 12.6. The number of fused-ring (bicyclic) bond motifs is 2. The summed E-state index contributed by atoms with van der Waals surface area (Å²) in [5, 5.41) is 11.3. The SMILES string of the molecule is C[C@]12CC=C3C=C4CC[C@H](NCCS(N)(=O)=O)C[C@]45CC[C@]3(O5)[C@@H]1CC[C@@H]2c1ccc2ccccc2c1. The van der Waals surface area contributed by atoms with Crippen LogP contribution >= 0.6 is 0 Å². The first-order chi connectivity index (χ1) is 17.7. The Labute approximate surface area is 220 Å². The molecule has 37 heavy (non-hydrogen) atoms. The van der Waals surface area contributed by atoms with E-state index < -0.39 is 10.0 Å². The Morgan fingerprint density at radius 3 is 2.76 bits per heavy atom. The predicted molar refractivity (Wildman–Crippen MR) is 148 cm³/mol. The van der Waals surface area contributed by atoms with E-state index in [4.69, 9.17) is 9.88 Å². The molecule has 6 heteroatoms. The van der Waals surface area contributed by atoms with Crippen LogP contribution in [0.1, 0.15) is 69.8 Å². The Balaban J connectivity index is 1.17. The fourth-order valence-electron chi connectivity index (χ4n) is 8.96. The summed E-state index contributed by atoms with van der Waals surface area (Å²) in [5.74, 6) is 1.04. The molecule has 3 fully saturated rings. The van der Waals surface area contributed by atoms with Crippen molar-refractivity contribution in [2.75, 3.05) is 12.3 Å². The van der Waals surface area contributed by atoms with Gasteiger partial charge < -0.3 is 10.1 Å². The number of primary sulfonamides is 1. The Morgan fingerprint density at radius 1 is 1.08 bits per heavy atom. The molecule has 3 N–H and O–H groups in total. The fourth-order valence-corrected chi connectivity index (χ4v) is 9.36. The van der Waals surface area contributed by atoms with Crippen LogP contribution in [0.5, 0.6) is 0 Å². The highest BCUT2D eigenvalue weighted by Crippen LogP contribution is 2.69. The summed E-state index contributed by atoms with van der Waals surface area (Å²) in [6.45, 7) is 2.93. The molecule has 0 radical (unpaired) electrons. The lowest BCUT2D eigenvalue weighted by Crippen LogP contribution is -2.55. The van der Waals surface area contributed by atoms with Gasteiger partial charge >= 0.3 is 0 Å². The van der Waals surface area contributed by atoms with Crippen LogP contribution in [-0.4, -0.2) is 38.0 Å². The minimum Gasteiger partial charge on any atom is -0.359 e. The standard InChI is InChI=1S/C31H38N2O3S/c1-29-13-12-25-19-24-8-9-26(33-16-17-37(32,34)35)20-30(24)14-15-31(25,36-30)28(29)11-10-27(29)23-7-6-21-4-2-3-5-22(21)18-23/h2-7,12,18-19,26-28,33H,8-11,13-17,20H2,1H3,(H2,32,34,35)/t26-,27+,28+,29+,30+,31+/m0/s1. The highest BCUT2D eigenvalue weighted by Gasteiger charge is 2.66. The highest BCUT2D eigenvalue weighted by atomic mass is 32.2. The molecule has 2 heterocycles. The van der Waals surface area contributed by atoms with Crippen LogP contribution in [0, 0.1) is 11.3 Å². The van der Waals surface area contributed by atoms with Gasteiger partial charge in [0.1, 0.15) is 0 Å². The van der Waals surface area contributed by atoms with E-state index in [1.54, 1.807) is 0 Å². The summed E-state index contributed by atoms with van der Waals surface area (Å²) in [5.41, 5.74) is 4.19. The summed E-state index contributed by atoms with van der Waals surface area (Å²) in [4.78, 5) is 0. The molecule has 0 unspecified atom stereocenters. The van der Waals surface area contributed by atoms with Crippen molar-refractivity contribution in [1.29, 1.82) is 0 Å². The van der Waals surface area contributed by atoms with E-state index in [-0.39, 0.29) is 28.4 Å². The van der Waals surface area contributed by atoms with Crippen LogP contribution in [0.4, 0.5) is 0 Å². The fraction of sp³-hybridized carbons (Fsp3) is 0.548. The number of benzene rings is 2. The first-order valence-corrected chi connectivity index (χ1v) is 15.8. The Kier molecular flexibility index (Phi) is 5.37. The second kappa shape index (κ2) is 8.25. The van der Waals surface area contributed by atoms with E-state index in [9.17, 15) is 8.42 Å². The van der Waals surface area contributed by atoms with Crippen molar-refractivity contribution in [3.63, 3.8) is 0 Å². The molecule has 2 saturated carbocycles. The molecule has 5 nitrogen and oxygen atoms in total. The Hall–Kier alpha value is -1.99. The number of nitrogens with one attached hydrogen (secondary N) is 1. The molecule has 0 amide bonds. The summed E-state index contributed by atoms with van der Waals surface area (Å²) in [6.07, 6.45) is 13.7. The van der Waals surface area contributed by atoms with E-state index in [0.29, 0.717) is 18.4 Å². The molecular formula is C31H38N2O3S. The van der Waals surface area contributed by atoms with Gasteiger partial charge in [-0.2, -0.15) is 0 Å². The number of hydrogen-bond acceptors (Lipinski definition) is 4. The number of nitrogens with two attached hydrogens (primary N) is 1. The molecule has 2 aromatic rings. The van der Waals surface area contributed by atoms with Gasteiger partial charge in [-0.05, 0) is 96.1 Å². The van der Waals surface area contributed by atoms with Gasteiger partial charge in [-0.1, -0.05) is 61.5 Å². The summed E-state index contributed by atoms with van der Waals surface area (Å²) in [6, 6.07) is 16.1. The van der Waals surface area contributed by atoms with Crippen LogP contribution < -0.4 is 10.5 Å². The topological polar surface area (TPSA) is 81.4 Å². The molecule has 5 aliphatic rings. The average Bonchev–Trinajstić information content (AvgIpc) is 3.38. The van der Waals surface area contributed by atoms with Crippen LogP contribution in [0.15, 0.2) is 65.8 Å². The van der Waals surface area contributed by atoms with Crippen molar-refractivity contribution in [2.24, 2.45) is 16.5 Å². The smallest absolute Gasteiger partial charge is 0.210 e. The van der Waals surface area contributed by atoms with Crippen LogP contribution in [-0.2, 0) is 14.8 Å². The van der Waals surface area contributed by atoms with Crippen LogP contribution in [0.2, 0.25) is 0 Å². The lowest BCUT2D eigenvalue weighted by Gasteiger charge is -2.54. The molecule has 2 aliphatic heterocycles. The molecule has 3 aliphatic carbocycles. The van der Waals surface area contributed by atoms with E-state index in [1.807, 2.05) is 0 Å². The molecular weight excluding hydrogens is 480 g/mol. The maximum absolute atomic E-state index is 11.4. The normalized spacial score (nSPS) is 38.5. The van der Waals surface area contributed by atoms with E-state index in [1.165, 1.54) is 40.3 Å². The zero-order valence-electron chi connectivity index (χ0n) is 21.7. The van der Waals surface area contributed by atoms with Gasteiger partial charge in [0, 0.05) is 12.6 Å². The minimum atomic E-state index is -3.45. The average molecular weight is 519 g/mol. The third kappa shape index (κ3) is 3.70. The third-order valence-electron chi connectivity index (χ3n) is 10.7. The molecule has 1 saturated heterocycles. The minimum absolute atomic E-state index is 0.0204. The number of sulfonamides is 1. The molecule has 2 spiro atoms. The zero-order valence-corrected chi connectivity index (χ0v) is 22.5. The van der Waals surface area contributed by atoms with Crippen molar-refractivity contribution in [1.82, 2.24) is 5.32 Å². The highest BCUT2D eigenvalue weighted by molar-refractivity contribution is 7.89. The number of ether oxygens (including phenoxy) is 1. The number of rotatable bonds is 5. The second-order valence-corrected chi connectivity index (χ2v) is 14.3. The third-order valence-corrected chi connectivity index (χ3v) is 11.4. The van der Waals surface area contributed by atoms with Gasteiger partial charge in [0.15, 0.2) is 0 Å². The zero-order chi connectivity index (χ0) is 25.5. The van der Waals surface area contributed by atoms with E-state index in [2.05, 4.69) is 66.9 Å². The van der Waals surface area contributed by atoms with Gasteiger partial charge in [-0.25, -0.2) is 13.6 Å². The van der Waals surface area contributed by atoms with Crippen molar-refractivity contribution in [3.8, 4) is 0 Å². The molecule has 6 atom stereocenters. The van der Waals surface area contributed by atoms with Crippen molar-refractivity contribution >= 4 is 20.8 Å². The number of allylic oxidation sites excluding steroid dienone is 1. The predicted octanol–water partition coefficient (Wildman–Crippen LogP) is 5.33. The maximum Gasteiger partial charge on any atom is 0.210 e. The van der Waals surface area contributed by atoms with Gasteiger partial charge in [-0.3, -0.25) is 0 Å².